The van der Waals surface area contributed by atoms with Gasteiger partial charge in [-0.1, -0.05) is 48.0 Å². The van der Waals surface area contributed by atoms with Crippen molar-refractivity contribution in [2.75, 3.05) is 13.1 Å². The average molecular weight is 316 g/mol. The summed E-state index contributed by atoms with van der Waals surface area (Å²) >= 11 is 6.28. The molecule has 1 saturated heterocycles. The van der Waals surface area contributed by atoms with E-state index in [4.69, 9.17) is 11.6 Å². The Labute approximate surface area is 135 Å². The van der Waals surface area contributed by atoms with Crippen LogP contribution in [0.25, 0.3) is 0 Å². The minimum Gasteiger partial charge on any atom is -0.478 e. The Kier molecular flexibility index (Phi) is 4.46. The van der Waals surface area contributed by atoms with E-state index in [9.17, 15) is 9.90 Å². The lowest BCUT2D eigenvalue weighted by Gasteiger charge is -2.18. The number of hydrogen-bond acceptors (Lipinski definition) is 2. The Morgan fingerprint density at radius 1 is 1.18 bits per heavy atom. The highest BCUT2D eigenvalue weighted by Gasteiger charge is 2.26. The largest absolute Gasteiger partial charge is 0.478 e. The highest BCUT2D eigenvalue weighted by Crippen LogP contribution is 2.32. The fraction of sp³-hybridized carbons (Fsp3) is 0.278. The maximum absolute atomic E-state index is 11.3. The van der Waals surface area contributed by atoms with E-state index in [1.807, 2.05) is 30.3 Å². The molecule has 1 atom stereocenters. The third-order valence-electron chi connectivity index (χ3n) is 4.26. The molecule has 1 fully saturated rings. The van der Waals surface area contributed by atoms with Crippen LogP contribution in [0.1, 0.15) is 33.8 Å². The normalized spacial score (nSPS) is 18.5. The van der Waals surface area contributed by atoms with Crippen LogP contribution < -0.4 is 0 Å². The molecule has 0 aliphatic carbocycles. The van der Waals surface area contributed by atoms with Crippen molar-refractivity contribution in [3.05, 3.63) is 70.2 Å². The van der Waals surface area contributed by atoms with Crippen LogP contribution in [0.3, 0.4) is 0 Å². The van der Waals surface area contributed by atoms with Gasteiger partial charge in [0.25, 0.3) is 0 Å². The lowest BCUT2D eigenvalue weighted by Crippen LogP contribution is -2.21. The predicted molar refractivity (Wildman–Crippen MR) is 87.5 cm³/mol. The van der Waals surface area contributed by atoms with E-state index in [2.05, 4.69) is 11.0 Å². The summed E-state index contributed by atoms with van der Waals surface area (Å²) in [6.45, 7) is 2.55. The van der Waals surface area contributed by atoms with Gasteiger partial charge in [0, 0.05) is 18.1 Å². The quantitative estimate of drug-likeness (QED) is 0.926. The summed E-state index contributed by atoms with van der Waals surface area (Å²) in [6.07, 6.45) is 1.05. The molecule has 0 bridgehead atoms. The van der Waals surface area contributed by atoms with Gasteiger partial charge in [0.15, 0.2) is 0 Å². The molecule has 0 spiro atoms. The summed E-state index contributed by atoms with van der Waals surface area (Å²) in [5.74, 6) is -0.442. The van der Waals surface area contributed by atoms with E-state index in [1.54, 1.807) is 12.1 Å². The average Bonchev–Trinajstić information content (AvgIpc) is 2.96. The van der Waals surface area contributed by atoms with Crippen LogP contribution in [-0.2, 0) is 6.54 Å². The molecule has 114 valence electrons. The SMILES string of the molecule is O=C(O)c1ccccc1CN1CCC(c2ccccc2Cl)C1. The van der Waals surface area contributed by atoms with Crippen molar-refractivity contribution in [3.63, 3.8) is 0 Å². The van der Waals surface area contributed by atoms with E-state index < -0.39 is 5.97 Å². The zero-order valence-electron chi connectivity index (χ0n) is 12.2. The van der Waals surface area contributed by atoms with Gasteiger partial charge in [-0.3, -0.25) is 4.90 Å². The van der Waals surface area contributed by atoms with Gasteiger partial charge >= 0.3 is 5.97 Å². The van der Waals surface area contributed by atoms with E-state index in [0.29, 0.717) is 18.0 Å². The van der Waals surface area contributed by atoms with Crippen LogP contribution in [0.2, 0.25) is 5.02 Å². The number of aromatic carboxylic acids is 1. The molecule has 1 N–H and O–H groups in total. The molecule has 3 nitrogen and oxygen atoms in total. The summed E-state index contributed by atoms with van der Waals surface area (Å²) in [5, 5.41) is 10.1. The molecule has 1 heterocycles. The third-order valence-corrected chi connectivity index (χ3v) is 4.60. The summed E-state index contributed by atoms with van der Waals surface area (Å²) < 4.78 is 0. The topological polar surface area (TPSA) is 40.5 Å². The number of carboxylic acids is 1. The molecule has 22 heavy (non-hydrogen) atoms. The van der Waals surface area contributed by atoms with Crippen molar-refractivity contribution in [1.82, 2.24) is 4.90 Å². The van der Waals surface area contributed by atoms with Crippen molar-refractivity contribution < 1.29 is 9.90 Å². The summed E-state index contributed by atoms with van der Waals surface area (Å²) in [4.78, 5) is 13.6. The Morgan fingerprint density at radius 3 is 2.68 bits per heavy atom. The first-order chi connectivity index (χ1) is 10.6. The molecular weight excluding hydrogens is 298 g/mol. The Bertz CT molecular complexity index is 686. The first-order valence-corrected chi connectivity index (χ1v) is 7.81. The van der Waals surface area contributed by atoms with E-state index in [0.717, 1.165) is 30.1 Å². The first kappa shape index (κ1) is 15.1. The second-order valence-corrected chi connectivity index (χ2v) is 6.11. The second kappa shape index (κ2) is 6.51. The number of carbonyl (C=O) groups is 1. The number of carboxylic acid groups (broad SMARTS) is 1. The Hall–Kier alpha value is -1.84. The molecule has 0 amide bonds. The molecule has 1 unspecified atom stereocenters. The van der Waals surface area contributed by atoms with Crippen LogP contribution in [0.4, 0.5) is 0 Å². The van der Waals surface area contributed by atoms with Crippen LogP contribution in [0.5, 0.6) is 0 Å². The van der Waals surface area contributed by atoms with Crippen LogP contribution >= 0.6 is 11.6 Å². The summed E-state index contributed by atoms with van der Waals surface area (Å²) in [7, 11) is 0. The highest BCUT2D eigenvalue weighted by molar-refractivity contribution is 6.31. The lowest BCUT2D eigenvalue weighted by molar-refractivity contribution is 0.0694. The fourth-order valence-corrected chi connectivity index (χ4v) is 3.43. The van der Waals surface area contributed by atoms with Gasteiger partial charge in [-0.2, -0.15) is 0 Å². The number of nitrogens with zero attached hydrogens (tertiary/aromatic N) is 1. The van der Waals surface area contributed by atoms with Crippen LogP contribution in [0, 0.1) is 0 Å². The van der Waals surface area contributed by atoms with Crippen molar-refractivity contribution in [2.45, 2.75) is 18.9 Å². The van der Waals surface area contributed by atoms with E-state index in [-0.39, 0.29) is 0 Å². The molecule has 3 rings (SSSR count). The number of hydrogen-bond donors (Lipinski definition) is 1. The molecule has 2 aromatic rings. The standard InChI is InChI=1S/C18H18ClNO2/c19-17-8-4-3-6-15(17)14-9-10-20(12-14)11-13-5-1-2-7-16(13)18(21)22/h1-8,14H,9-12H2,(H,21,22). The lowest BCUT2D eigenvalue weighted by atomic mass is 9.98. The maximum Gasteiger partial charge on any atom is 0.336 e. The molecule has 4 heteroatoms. The Morgan fingerprint density at radius 2 is 1.91 bits per heavy atom. The van der Waals surface area contributed by atoms with E-state index >= 15 is 0 Å². The van der Waals surface area contributed by atoms with Gasteiger partial charge in [-0.25, -0.2) is 4.79 Å². The molecule has 1 aliphatic heterocycles. The molecule has 0 radical (unpaired) electrons. The van der Waals surface area contributed by atoms with Crippen LogP contribution in [0.15, 0.2) is 48.5 Å². The maximum atomic E-state index is 11.3. The van der Waals surface area contributed by atoms with Gasteiger partial charge in [0.1, 0.15) is 0 Å². The monoisotopic (exact) mass is 315 g/mol. The smallest absolute Gasteiger partial charge is 0.336 e. The predicted octanol–water partition coefficient (Wildman–Crippen LogP) is 4.03. The van der Waals surface area contributed by atoms with E-state index in [1.165, 1.54) is 5.56 Å². The van der Waals surface area contributed by atoms with Gasteiger partial charge in [-0.15, -0.1) is 0 Å². The molecule has 1 aliphatic rings. The molecule has 0 aromatic heterocycles. The van der Waals surface area contributed by atoms with Crippen molar-refractivity contribution in [1.29, 1.82) is 0 Å². The molecule has 0 saturated carbocycles. The second-order valence-electron chi connectivity index (χ2n) is 5.70. The minimum absolute atomic E-state index is 0.392. The highest BCUT2D eigenvalue weighted by atomic mass is 35.5. The summed E-state index contributed by atoms with van der Waals surface area (Å²) in [5.41, 5.74) is 2.46. The van der Waals surface area contributed by atoms with Crippen molar-refractivity contribution in [3.8, 4) is 0 Å². The minimum atomic E-state index is -0.863. The van der Waals surface area contributed by atoms with Gasteiger partial charge in [0.05, 0.1) is 5.56 Å². The molecule has 2 aromatic carbocycles. The van der Waals surface area contributed by atoms with Crippen molar-refractivity contribution in [2.24, 2.45) is 0 Å². The fourth-order valence-electron chi connectivity index (χ4n) is 3.14. The third kappa shape index (κ3) is 3.16. The number of halogens is 1. The zero-order valence-corrected chi connectivity index (χ0v) is 13.0. The van der Waals surface area contributed by atoms with Crippen molar-refractivity contribution >= 4 is 17.6 Å². The number of likely N-dealkylation sites (tertiary alicyclic amines) is 1. The first-order valence-electron chi connectivity index (χ1n) is 7.43. The zero-order chi connectivity index (χ0) is 15.5. The van der Waals surface area contributed by atoms with Crippen LogP contribution in [-0.4, -0.2) is 29.1 Å². The molecular formula is C18H18ClNO2. The van der Waals surface area contributed by atoms with Gasteiger partial charge < -0.3 is 5.11 Å². The Balaban J connectivity index is 1.72. The number of rotatable bonds is 4. The summed E-state index contributed by atoms with van der Waals surface area (Å²) in [6, 6.07) is 15.2. The number of benzene rings is 2. The van der Waals surface area contributed by atoms with Gasteiger partial charge in [-0.05, 0) is 42.1 Å². The van der Waals surface area contributed by atoms with Gasteiger partial charge in [0.2, 0.25) is 0 Å².